The zero-order chi connectivity index (χ0) is 23.6. The molecule has 1 saturated heterocycles. The van der Waals surface area contributed by atoms with E-state index in [1.807, 2.05) is 0 Å². The van der Waals surface area contributed by atoms with Crippen LogP contribution >= 0.6 is 0 Å². The van der Waals surface area contributed by atoms with Gasteiger partial charge in [-0.15, -0.1) is 0 Å². The molecule has 32 heavy (non-hydrogen) atoms. The van der Waals surface area contributed by atoms with Gasteiger partial charge >= 0.3 is 23.6 Å². The lowest BCUT2D eigenvalue weighted by Crippen LogP contribution is -2.34. The van der Waals surface area contributed by atoms with Crippen molar-refractivity contribution < 1.29 is 34.1 Å². The van der Waals surface area contributed by atoms with Crippen molar-refractivity contribution in [1.82, 2.24) is 19.1 Å². The SMILES string of the molecule is CC(=O)OC[C@@H]1O[C@H](c2cn(-c3nccn3C)c(=O)[nH]c2=O)[C@@H](CC(=O)O)[C@H]1CC(=O)O. The second-order valence-electron chi connectivity index (χ2n) is 7.47. The summed E-state index contributed by atoms with van der Waals surface area (Å²) in [6.07, 6.45) is 1.16. The molecule has 0 saturated carbocycles. The first kappa shape index (κ1) is 22.9. The summed E-state index contributed by atoms with van der Waals surface area (Å²) in [5, 5.41) is 18.7. The first-order valence-corrected chi connectivity index (χ1v) is 9.64. The van der Waals surface area contributed by atoms with Crippen molar-refractivity contribution in [3.8, 4) is 5.95 Å². The van der Waals surface area contributed by atoms with Gasteiger partial charge in [0.05, 0.1) is 30.6 Å². The summed E-state index contributed by atoms with van der Waals surface area (Å²) in [4.78, 5) is 65.4. The minimum Gasteiger partial charge on any atom is -0.481 e. The number of hydrogen-bond donors (Lipinski definition) is 3. The molecule has 0 spiro atoms. The number of nitrogens with one attached hydrogen (secondary N) is 1. The maximum absolute atomic E-state index is 12.6. The highest BCUT2D eigenvalue weighted by atomic mass is 16.6. The summed E-state index contributed by atoms with van der Waals surface area (Å²) in [6, 6.07) is 0. The van der Waals surface area contributed by atoms with E-state index in [0.29, 0.717) is 0 Å². The van der Waals surface area contributed by atoms with Gasteiger partial charge in [0.15, 0.2) is 0 Å². The van der Waals surface area contributed by atoms with E-state index in [4.69, 9.17) is 9.47 Å². The molecule has 2 aromatic rings. The predicted octanol–water partition coefficient (Wildman–Crippen LogP) is -0.556. The summed E-state index contributed by atoms with van der Waals surface area (Å²) in [5.74, 6) is -4.64. The highest BCUT2D eigenvalue weighted by Crippen LogP contribution is 2.45. The number of aryl methyl sites for hydroxylation is 1. The van der Waals surface area contributed by atoms with Crippen LogP contribution in [0.3, 0.4) is 0 Å². The fourth-order valence-electron chi connectivity index (χ4n) is 3.93. The van der Waals surface area contributed by atoms with E-state index in [1.165, 1.54) is 23.9 Å². The molecule has 0 bridgehead atoms. The molecule has 0 radical (unpaired) electrons. The number of nitrogens with zero attached hydrogens (tertiary/aromatic N) is 3. The molecular formula is C19H22N4O9. The molecule has 0 aliphatic carbocycles. The lowest BCUT2D eigenvalue weighted by Gasteiger charge is -2.21. The number of aliphatic carboxylic acids is 2. The Morgan fingerprint density at radius 3 is 2.41 bits per heavy atom. The Balaban J connectivity index is 2.09. The molecule has 1 fully saturated rings. The second-order valence-corrected chi connectivity index (χ2v) is 7.47. The van der Waals surface area contributed by atoms with Gasteiger partial charge in [0, 0.05) is 44.4 Å². The molecule has 13 heteroatoms. The van der Waals surface area contributed by atoms with Gasteiger partial charge in [0.2, 0.25) is 5.95 Å². The topological polar surface area (TPSA) is 183 Å². The molecule has 4 atom stereocenters. The van der Waals surface area contributed by atoms with Crippen LogP contribution in [0.25, 0.3) is 5.95 Å². The van der Waals surface area contributed by atoms with Crippen LogP contribution in [-0.4, -0.2) is 59.9 Å². The summed E-state index contributed by atoms with van der Waals surface area (Å²) in [7, 11) is 1.64. The number of hydrogen-bond acceptors (Lipinski definition) is 8. The van der Waals surface area contributed by atoms with Crippen LogP contribution in [0.4, 0.5) is 0 Å². The number of imidazole rings is 1. The number of carbonyl (C=O) groups excluding carboxylic acids is 1. The largest absolute Gasteiger partial charge is 0.481 e. The van der Waals surface area contributed by atoms with Crippen molar-refractivity contribution in [3.05, 3.63) is 45.0 Å². The normalized spacial score (nSPS) is 22.6. The van der Waals surface area contributed by atoms with Gasteiger partial charge in [-0.2, -0.15) is 0 Å². The van der Waals surface area contributed by atoms with Crippen molar-refractivity contribution in [2.75, 3.05) is 6.61 Å². The molecule has 0 unspecified atom stereocenters. The number of ether oxygens (including phenoxy) is 2. The molecule has 1 aliphatic rings. The van der Waals surface area contributed by atoms with E-state index in [-0.39, 0.29) is 18.1 Å². The van der Waals surface area contributed by atoms with Crippen LogP contribution in [0.2, 0.25) is 0 Å². The van der Waals surface area contributed by atoms with Crippen molar-refractivity contribution in [2.45, 2.75) is 32.0 Å². The molecule has 3 heterocycles. The first-order chi connectivity index (χ1) is 15.1. The molecule has 1 aliphatic heterocycles. The van der Waals surface area contributed by atoms with Gasteiger partial charge in [-0.05, 0) is 0 Å². The molecular weight excluding hydrogens is 428 g/mol. The third kappa shape index (κ3) is 4.77. The van der Waals surface area contributed by atoms with E-state index in [2.05, 4.69) is 9.97 Å². The second kappa shape index (κ2) is 9.18. The standard InChI is InChI=1S/C19H22N4O9/c1-9(24)31-8-13-10(5-14(25)26)11(6-15(27)28)16(32-13)12-7-23(19(30)21-17(12)29)18-20-3-4-22(18)2/h3-4,7,10-11,13,16H,5-6,8H2,1-2H3,(H,25,26)(H,27,28)(H,21,29,30)/t10-,11+,13+,16+/m1/s1. The number of esters is 1. The fourth-order valence-corrected chi connectivity index (χ4v) is 3.93. The van der Waals surface area contributed by atoms with Gasteiger partial charge in [-0.25, -0.2) is 14.3 Å². The third-order valence-corrected chi connectivity index (χ3v) is 5.30. The molecule has 0 aromatic carbocycles. The average Bonchev–Trinajstić information content (AvgIpc) is 3.24. The summed E-state index contributed by atoms with van der Waals surface area (Å²) < 4.78 is 13.5. The molecule has 3 rings (SSSR count). The molecule has 2 aromatic heterocycles. The quantitative estimate of drug-likeness (QED) is 0.441. The number of carbonyl (C=O) groups is 3. The Kier molecular flexibility index (Phi) is 6.58. The van der Waals surface area contributed by atoms with Crippen LogP contribution in [0.5, 0.6) is 0 Å². The van der Waals surface area contributed by atoms with Crippen molar-refractivity contribution in [2.24, 2.45) is 18.9 Å². The molecule has 0 amide bonds. The van der Waals surface area contributed by atoms with E-state index in [1.54, 1.807) is 13.2 Å². The van der Waals surface area contributed by atoms with Gasteiger partial charge in [-0.1, -0.05) is 0 Å². The number of rotatable bonds is 8. The van der Waals surface area contributed by atoms with Crippen LogP contribution in [-0.2, 0) is 30.9 Å². The lowest BCUT2D eigenvalue weighted by atomic mass is 9.81. The van der Waals surface area contributed by atoms with E-state index >= 15 is 0 Å². The Morgan fingerprint density at radius 2 is 1.84 bits per heavy atom. The monoisotopic (exact) mass is 450 g/mol. The first-order valence-electron chi connectivity index (χ1n) is 9.64. The van der Waals surface area contributed by atoms with Gasteiger partial charge in [-0.3, -0.25) is 24.2 Å². The van der Waals surface area contributed by atoms with E-state index < -0.39 is 66.0 Å². The molecule has 13 nitrogen and oxygen atoms in total. The summed E-state index contributed by atoms with van der Waals surface area (Å²) in [6.45, 7) is 0.859. The average molecular weight is 450 g/mol. The van der Waals surface area contributed by atoms with E-state index in [9.17, 15) is 34.2 Å². The minimum atomic E-state index is -1.22. The number of aromatic nitrogens is 4. The lowest BCUT2D eigenvalue weighted by molar-refractivity contribution is -0.146. The van der Waals surface area contributed by atoms with Crippen LogP contribution < -0.4 is 11.2 Å². The van der Waals surface area contributed by atoms with Gasteiger partial charge in [0.1, 0.15) is 6.61 Å². The van der Waals surface area contributed by atoms with Crippen LogP contribution in [0, 0.1) is 11.8 Å². The number of H-pyrrole nitrogens is 1. The third-order valence-electron chi connectivity index (χ3n) is 5.30. The fraction of sp³-hybridized carbons (Fsp3) is 0.474. The Morgan fingerprint density at radius 1 is 1.19 bits per heavy atom. The highest BCUT2D eigenvalue weighted by Gasteiger charge is 2.48. The van der Waals surface area contributed by atoms with Gasteiger partial charge in [0.25, 0.3) is 5.56 Å². The maximum atomic E-state index is 12.6. The van der Waals surface area contributed by atoms with E-state index in [0.717, 1.165) is 4.57 Å². The van der Waals surface area contributed by atoms with Crippen molar-refractivity contribution in [1.29, 1.82) is 0 Å². The Bertz CT molecular complexity index is 1150. The van der Waals surface area contributed by atoms with Crippen molar-refractivity contribution >= 4 is 17.9 Å². The molecule has 3 N–H and O–H groups in total. The molecule has 172 valence electrons. The number of carboxylic acids is 2. The Labute approximate surface area is 180 Å². The predicted molar refractivity (Wildman–Crippen MR) is 105 cm³/mol. The zero-order valence-electron chi connectivity index (χ0n) is 17.3. The summed E-state index contributed by atoms with van der Waals surface area (Å²) >= 11 is 0. The van der Waals surface area contributed by atoms with Crippen LogP contribution in [0.1, 0.15) is 31.4 Å². The maximum Gasteiger partial charge on any atom is 0.335 e. The zero-order valence-corrected chi connectivity index (χ0v) is 17.3. The minimum absolute atomic E-state index is 0.0698. The smallest absolute Gasteiger partial charge is 0.335 e. The Hall–Kier alpha value is -3.74. The number of carboxylic acid groups (broad SMARTS) is 2. The number of aromatic amines is 1. The summed E-state index contributed by atoms with van der Waals surface area (Å²) in [5.41, 5.74) is -1.64. The highest BCUT2D eigenvalue weighted by molar-refractivity contribution is 5.69. The van der Waals surface area contributed by atoms with Crippen molar-refractivity contribution in [3.63, 3.8) is 0 Å². The van der Waals surface area contributed by atoms with Crippen LogP contribution in [0.15, 0.2) is 28.2 Å². The van der Waals surface area contributed by atoms with Gasteiger partial charge < -0.3 is 24.3 Å².